The van der Waals surface area contributed by atoms with Gasteiger partial charge in [-0.2, -0.15) is 0 Å². The molecule has 2 heterocycles. The van der Waals surface area contributed by atoms with E-state index in [1.165, 1.54) is 4.52 Å². The van der Waals surface area contributed by atoms with Crippen LogP contribution >= 0.6 is 0 Å². The Morgan fingerprint density at radius 2 is 2.07 bits per heavy atom. The Balaban J connectivity index is 2.54. The topological polar surface area (TPSA) is 95.9 Å². The predicted octanol–water partition coefficient (Wildman–Crippen LogP) is -0.552. The van der Waals surface area contributed by atoms with E-state index in [0.717, 1.165) is 19.3 Å². The van der Waals surface area contributed by atoms with E-state index in [1.54, 1.807) is 0 Å². The second-order valence-corrected chi connectivity index (χ2v) is 3.27. The standard InChI is InChI=1S/C8H11N5O2/c1-2-3-4-5-10-11-8-9-6(14)7(15)12-13(5)8/h2-4H2,1H3,(H,12,15)(H,9,11,14). The normalized spacial score (nSPS) is 11.0. The van der Waals surface area contributed by atoms with Crippen molar-refractivity contribution in [2.75, 3.05) is 0 Å². The Labute approximate surface area is 84.1 Å². The smallest absolute Gasteiger partial charge is 0.285 e. The minimum absolute atomic E-state index is 0.269. The molecule has 0 unspecified atom stereocenters. The van der Waals surface area contributed by atoms with Gasteiger partial charge in [-0.25, -0.2) is 4.52 Å². The zero-order valence-electron chi connectivity index (χ0n) is 8.28. The third-order valence-corrected chi connectivity index (χ3v) is 2.13. The van der Waals surface area contributed by atoms with E-state index in [2.05, 4.69) is 27.2 Å². The first-order valence-electron chi connectivity index (χ1n) is 4.79. The number of aryl methyl sites for hydroxylation is 1. The fourth-order valence-corrected chi connectivity index (χ4v) is 1.32. The quantitative estimate of drug-likeness (QED) is 0.663. The number of hydrogen-bond donors (Lipinski definition) is 2. The van der Waals surface area contributed by atoms with Crippen molar-refractivity contribution in [3.63, 3.8) is 0 Å². The van der Waals surface area contributed by atoms with Gasteiger partial charge in [-0.05, 0) is 6.42 Å². The van der Waals surface area contributed by atoms with Gasteiger partial charge in [-0.3, -0.25) is 19.7 Å². The van der Waals surface area contributed by atoms with Gasteiger partial charge in [-0.15, -0.1) is 10.2 Å². The van der Waals surface area contributed by atoms with Crippen molar-refractivity contribution in [1.82, 2.24) is 24.8 Å². The Hall–Kier alpha value is -1.92. The van der Waals surface area contributed by atoms with Gasteiger partial charge in [0.15, 0.2) is 5.82 Å². The molecule has 0 saturated carbocycles. The maximum atomic E-state index is 11.1. The summed E-state index contributed by atoms with van der Waals surface area (Å²) >= 11 is 0. The number of rotatable bonds is 3. The lowest BCUT2D eigenvalue weighted by Crippen LogP contribution is -2.32. The van der Waals surface area contributed by atoms with Crippen LogP contribution in [0.2, 0.25) is 0 Å². The summed E-state index contributed by atoms with van der Waals surface area (Å²) in [6, 6.07) is 0. The summed E-state index contributed by atoms with van der Waals surface area (Å²) in [6.45, 7) is 2.06. The summed E-state index contributed by atoms with van der Waals surface area (Å²) in [5, 5.41) is 10.1. The molecule has 0 saturated heterocycles. The summed E-state index contributed by atoms with van der Waals surface area (Å²) in [6.07, 6.45) is 2.71. The highest BCUT2D eigenvalue weighted by atomic mass is 16.2. The number of unbranched alkanes of at least 4 members (excludes halogenated alkanes) is 1. The van der Waals surface area contributed by atoms with Crippen molar-refractivity contribution in [3.8, 4) is 0 Å². The van der Waals surface area contributed by atoms with Crippen LogP contribution in [0.25, 0.3) is 5.78 Å². The number of H-pyrrole nitrogens is 2. The monoisotopic (exact) mass is 209 g/mol. The first kappa shape index (κ1) is 9.63. The molecule has 0 radical (unpaired) electrons. The molecule has 0 aliphatic heterocycles. The van der Waals surface area contributed by atoms with Crippen LogP contribution in [0.3, 0.4) is 0 Å². The van der Waals surface area contributed by atoms with Crippen LogP contribution < -0.4 is 11.1 Å². The largest absolute Gasteiger partial charge is 0.328 e. The summed E-state index contributed by atoms with van der Waals surface area (Å²) in [5.41, 5.74) is -1.41. The minimum Gasteiger partial charge on any atom is -0.285 e. The summed E-state index contributed by atoms with van der Waals surface area (Å²) in [4.78, 5) is 24.4. The summed E-state index contributed by atoms with van der Waals surface area (Å²) in [7, 11) is 0. The van der Waals surface area contributed by atoms with Gasteiger partial charge in [0.2, 0.25) is 0 Å². The highest BCUT2D eigenvalue weighted by Gasteiger charge is 2.06. The number of nitrogens with one attached hydrogen (secondary N) is 2. The van der Waals surface area contributed by atoms with Gasteiger partial charge in [0.25, 0.3) is 5.78 Å². The first-order valence-corrected chi connectivity index (χ1v) is 4.79. The van der Waals surface area contributed by atoms with E-state index >= 15 is 0 Å². The van der Waals surface area contributed by atoms with Gasteiger partial charge < -0.3 is 0 Å². The number of aromatic nitrogens is 5. The Morgan fingerprint density at radius 3 is 2.80 bits per heavy atom. The Kier molecular flexibility index (Phi) is 2.36. The zero-order valence-corrected chi connectivity index (χ0v) is 8.28. The van der Waals surface area contributed by atoms with Crippen molar-refractivity contribution >= 4 is 5.78 Å². The van der Waals surface area contributed by atoms with E-state index in [-0.39, 0.29) is 5.78 Å². The molecule has 2 aromatic rings. The molecule has 2 N–H and O–H groups in total. The van der Waals surface area contributed by atoms with Gasteiger partial charge >= 0.3 is 11.1 Å². The van der Waals surface area contributed by atoms with Crippen LogP contribution in [0.4, 0.5) is 0 Å². The zero-order chi connectivity index (χ0) is 10.8. The summed E-state index contributed by atoms with van der Waals surface area (Å²) in [5.74, 6) is 0.922. The lowest BCUT2D eigenvalue weighted by molar-refractivity contribution is 0.709. The number of hydrogen-bond acceptors (Lipinski definition) is 4. The van der Waals surface area contributed by atoms with Crippen LogP contribution in [-0.4, -0.2) is 24.8 Å². The average Bonchev–Trinajstić information content (AvgIpc) is 2.59. The SMILES string of the molecule is CCCCc1nnc2[nH]c(=O)c(=O)[nH]n12. The number of nitrogens with zero attached hydrogens (tertiary/aromatic N) is 3. The lowest BCUT2D eigenvalue weighted by Gasteiger charge is -1.96. The van der Waals surface area contributed by atoms with Gasteiger partial charge in [0.05, 0.1) is 0 Å². The van der Waals surface area contributed by atoms with Gasteiger partial charge in [-0.1, -0.05) is 13.3 Å². The van der Waals surface area contributed by atoms with E-state index in [4.69, 9.17) is 0 Å². The molecule has 2 rings (SSSR count). The van der Waals surface area contributed by atoms with Crippen molar-refractivity contribution in [2.45, 2.75) is 26.2 Å². The van der Waals surface area contributed by atoms with Crippen LogP contribution in [0.5, 0.6) is 0 Å². The second-order valence-electron chi connectivity index (χ2n) is 3.27. The fraction of sp³-hybridized carbons (Fsp3) is 0.500. The molecule has 0 fully saturated rings. The van der Waals surface area contributed by atoms with E-state index in [1.807, 2.05) is 0 Å². The van der Waals surface area contributed by atoms with Crippen molar-refractivity contribution in [1.29, 1.82) is 0 Å². The molecule has 15 heavy (non-hydrogen) atoms. The van der Waals surface area contributed by atoms with Gasteiger partial charge in [0.1, 0.15) is 0 Å². The molecule has 0 aliphatic carbocycles. The molecule has 2 aromatic heterocycles. The third-order valence-electron chi connectivity index (χ3n) is 2.13. The molecule has 0 spiro atoms. The number of aromatic amines is 2. The van der Waals surface area contributed by atoms with Crippen molar-refractivity contribution in [3.05, 3.63) is 26.5 Å². The molecule has 0 atom stereocenters. The predicted molar refractivity (Wildman–Crippen MR) is 52.8 cm³/mol. The lowest BCUT2D eigenvalue weighted by atomic mass is 10.2. The average molecular weight is 209 g/mol. The van der Waals surface area contributed by atoms with Gasteiger partial charge in [0, 0.05) is 6.42 Å². The maximum Gasteiger partial charge on any atom is 0.328 e. The van der Waals surface area contributed by atoms with Crippen LogP contribution in [0.15, 0.2) is 9.59 Å². The molecular weight excluding hydrogens is 198 g/mol. The van der Waals surface area contributed by atoms with Crippen molar-refractivity contribution < 1.29 is 0 Å². The Bertz CT molecular complexity index is 578. The molecule has 0 aliphatic rings. The highest BCUT2D eigenvalue weighted by Crippen LogP contribution is 2.00. The molecule has 7 heteroatoms. The Morgan fingerprint density at radius 1 is 1.27 bits per heavy atom. The van der Waals surface area contributed by atoms with Crippen molar-refractivity contribution in [2.24, 2.45) is 0 Å². The highest BCUT2D eigenvalue weighted by molar-refractivity contribution is 5.23. The molecule has 80 valence electrons. The van der Waals surface area contributed by atoms with E-state index in [0.29, 0.717) is 5.82 Å². The number of fused-ring (bicyclic) bond motifs is 1. The molecule has 0 amide bonds. The summed E-state index contributed by atoms with van der Waals surface area (Å²) < 4.78 is 1.42. The maximum absolute atomic E-state index is 11.1. The van der Waals surface area contributed by atoms with E-state index in [9.17, 15) is 9.59 Å². The van der Waals surface area contributed by atoms with Crippen LogP contribution in [-0.2, 0) is 6.42 Å². The molecule has 0 bridgehead atoms. The molecule has 7 nitrogen and oxygen atoms in total. The van der Waals surface area contributed by atoms with E-state index < -0.39 is 11.1 Å². The van der Waals surface area contributed by atoms with Crippen LogP contribution in [0, 0.1) is 0 Å². The minimum atomic E-state index is -0.711. The first-order chi connectivity index (χ1) is 7.22. The molecular formula is C8H11N5O2. The third kappa shape index (κ3) is 1.67. The second kappa shape index (κ2) is 3.68. The fourth-order valence-electron chi connectivity index (χ4n) is 1.32. The van der Waals surface area contributed by atoms with Crippen LogP contribution in [0.1, 0.15) is 25.6 Å². The molecule has 0 aromatic carbocycles.